The van der Waals surface area contributed by atoms with E-state index >= 15 is 0 Å². The summed E-state index contributed by atoms with van der Waals surface area (Å²) in [5, 5.41) is 2.80. The number of benzene rings is 3. The van der Waals surface area contributed by atoms with Crippen molar-refractivity contribution in [1.29, 1.82) is 0 Å². The molecule has 0 saturated carbocycles. The molecule has 3 aromatic carbocycles. The van der Waals surface area contributed by atoms with Crippen LogP contribution < -0.4 is 14.8 Å². The number of carbonyl (C=O) groups excluding carboxylic acids is 3. The second-order valence-corrected chi connectivity index (χ2v) is 9.03. The van der Waals surface area contributed by atoms with Gasteiger partial charge in [-0.2, -0.15) is 0 Å². The van der Waals surface area contributed by atoms with Gasteiger partial charge in [0.05, 0.1) is 23.8 Å². The molecule has 8 nitrogen and oxygen atoms in total. The summed E-state index contributed by atoms with van der Waals surface area (Å²) in [7, 11) is 0. The summed E-state index contributed by atoms with van der Waals surface area (Å²) in [6.45, 7) is 2.85. The summed E-state index contributed by atoms with van der Waals surface area (Å²) >= 11 is 0. The van der Waals surface area contributed by atoms with Gasteiger partial charge >= 0.3 is 0 Å². The van der Waals surface area contributed by atoms with E-state index in [0.29, 0.717) is 40.7 Å². The highest BCUT2D eigenvalue weighted by Crippen LogP contribution is 2.31. The molecule has 8 heteroatoms. The zero-order valence-electron chi connectivity index (χ0n) is 20.6. The molecule has 3 aromatic rings. The molecular weight excluding hydrogens is 472 g/mol. The van der Waals surface area contributed by atoms with Gasteiger partial charge in [-0.1, -0.05) is 25.1 Å². The minimum Gasteiger partial charge on any atom is -0.484 e. The number of carbonyl (C=O) groups is 3. The molecule has 1 fully saturated rings. The van der Waals surface area contributed by atoms with Crippen LogP contribution in [-0.2, 0) is 16.0 Å². The van der Waals surface area contributed by atoms with E-state index in [4.69, 9.17) is 14.2 Å². The predicted molar refractivity (Wildman–Crippen MR) is 137 cm³/mol. The van der Waals surface area contributed by atoms with Crippen molar-refractivity contribution in [3.05, 3.63) is 83.4 Å². The molecule has 1 N–H and O–H groups in total. The average Bonchev–Trinajstić information content (AvgIpc) is 3.51. The summed E-state index contributed by atoms with van der Waals surface area (Å²) in [6.07, 6.45) is 2.55. The number of fused-ring (bicyclic) bond motifs is 1. The number of nitrogens with zero attached hydrogens (tertiary/aromatic N) is 1. The Morgan fingerprint density at radius 1 is 0.973 bits per heavy atom. The highest BCUT2D eigenvalue weighted by Gasteiger charge is 2.37. The summed E-state index contributed by atoms with van der Waals surface area (Å²) < 4.78 is 17.1. The monoisotopic (exact) mass is 500 g/mol. The number of imide groups is 1. The van der Waals surface area contributed by atoms with Gasteiger partial charge in [0.2, 0.25) is 0 Å². The van der Waals surface area contributed by atoms with Crippen molar-refractivity contribution in [2.75, 3.05) is 25.1 Å². The molecule has 1 saturated heterocycles. The molecule has 0 aromatic heterocycles. The van der Waals surface area contributed by atoms with Gasteiger partial charge in [0.15, 0.2) is 6.61 Å². The van der Waals surface area contributed by atoms with E-state index < -0.39 is 0 Å². The van der Waals surface area contributed by atoms with Gasteiger partial charge in [0, 0.05) is 18.4 Å². The number of hydrogen-bond donors (Lipinski definition) is 1. The first-order valence-electron chi connectivity index (χ1n) is 12.4. The quantitative estimate of drug-likeness (QED) is 0.423. The standard InChI is InChI=1S/C29H28N2O6/c1-2-19-6-3-8-21(14-19)36-18-27(32)30-20-7-4-9-22(15-20)37-23-11-12-25-26(16-23)29(34)31(28(25)33)17-24-10-5-13-35-24/h3-4,6-9,11-12,14-16,24H,2,5,10,13,17-18H2,1H3,(H,30,32). The molecule has 2 aliphatic rings. The molecule has 0 radical (unpaired) electrons. The first-order valence-corrected chi connectivity index (χ1v) is 12.4. The van der Waals surface area contributed by atoms with Crippen molar-refractivity contribution in [3.8, 4) is 17.2 Å². The molecule has 2 heterocycles. The minimum absolute atomic E-state index is 0.109. The molecule has 2 aliphatic heterocycles. The van der Waals surface area contributed by atoms with Gasteiger partial charge in [-0.15, -0.1) is 0 Å². The van der Waals surface area contributed by atoms with E-state index in [0.717, 1.165) is 24.8 Å². The maximum absolute atomic E-state index is 12.9. The third-order valence-corrected chi connectivity index (χ3v) is 6.38. The Kier molecular flexibility index (Phi) is 7.18. The van der Waals surface area contributed by atoms with Crippen molar-refractivity contribution in [1.82, 2.24) is 4.90 Å². The van der Waals surface area contributed by atoms with E-state index in [1.54, 1.807) is 42.5 Å². The molecule has 5 rings (SSSR count). The lowest BCUT2D eigenvalue weighted by atomic mass is 10.1. The van der Waals surface area contributed by atoms with Crippen molar-refractivity contribution >= 4 is 23.4 Å². The molecule has 37 heavy (non-hydrogen) atoms. The number of anilines is 1. The van der Waals surface area contributed by atoms with Crippen LogP contribution in [0.2, 0.25) is 0 Å². The number of aryl methyl sites for hydroxylation is 1. The van der Waals surface area contributed by atoms with Crippen molar-refractivity contribution in [2.24, 2.45) is 0 Å². The number of rotatable bonds is 9. The molecule has 0 spiro atoms. The number of amides is 3. The highest BCUT2D eigenvalue weighted by molar-refractivity contribution is 6.21. The van der Waals surface area contributed by atoms with Gasteiger partial charge in [0.25, 0.3) is 17.7 Å². The Bertz CT molecular complexity index is 1330. The van der Waals surface area contributed by atoms with Crippen LogP contribution in [0.15, 0.2) is 66.7 Å². The third kappa shape index (κ3) is 5.65. The minimum atomic E-state index is -0.341. The molecule has 190 valence electrons. The van der Waals surface area contributed by atoms with Crippen LogP contribution in [0.25, 0.3) is 0 Å². The molecule has 3 amide bonds. The van der Waals surface area contributed by atoms with Gasteiger partial charge in [0.1, 0.15) is 17.2 Å². The fraction of sp³-hybridized carbons (Fsp3) is 0.276. The molecule has 0 bridgehead atoms. The van der Waals surface area contributed by atoms with Crippen molar-refractivity contribution in [3.63, 3.8) is 0 Å². The Morgan fingerprint density at radius 2 is 1.76 bits per heavy atom. The van der Waals surface area contributed by atoms with Crippen molar-refractivity contribution in [2.45, 2.75) is 32.3 Å². The maximum Gasteiger partial charge on any atom is 0.262 e. The first-order chi connectivity index (χ1) is 18.0. The zero-order valence-corrected chi connectivity index (χ0v) is 20.6. The van der Waals surface area contributed by atoms with Crippen LogP contribution in [0.3, 0.4) is 0 Å². The molecule has 0 aliphatic carbocycles. The van der Waals surface area contributed by atoms with Crippen molar-refractivity contribution < 1.29 is 28.6 Å². The lowest BCUT2D eigenvalue weighted by Gasteiger charge is -2.17. The lowest BCUT2D eigenvalue weighted by molar-refractivity contribution is -0.118. The van der Waals surface area contributed by atoms with Crippen LogP contribution >= 0.6 is 0 Å². The Labute approximate surface area is 215 Å². The Hall–Kier alpha value is -4.17. The van der Waals surface area contributed by atoms with Gasteiger partial charge < -0.3 is 19.5 Å². The van der Waals surface area contributed by atoms with Gasteiger partial charge in [-0.05, 0) is 67.3 Å². The summed E-state index contributed by atoms with van der Waals surface area (Å²) in [4.78, 5) is 39.3. The SMILES string of the molecule is CCc1cccc(OCC(=O)Nc2cccc(Oc3ccc4c(c3)C(=O)N(CC3CCCO3)C4=O)c2)c1. The van der Waals surface area contributed by atoms with Crippen LogP contribution in [0, 0.1) is 0 Å². The first kappa shape index (κ1) is 24.5. The molecule has 1 atom stereocenters. The lowest BCUT2D eigenvalue weighted by Crippen LogP contribution is -2.36. The summed E-state index contributed by atoms with van der Waals surface area (Å²) in [5.41, 5.74) is 2.36. The second kappa shape index (κ2) is 10.8. The summed E-state index contributed by atoms with van der Waals surface area (Å²) in [5.74, 6) is 0.586. The Balaban J connectivity index is 1.21. The third-order valence-electron chi connectivity index (χ3n) is 6.38. The van der Waals surface area contributed by atoms with Crippen LogP contribution in [-0.4, -0.2) is 48.5 Å². The zero-order chi connectivity index (χ0) is 25.8. The number of hydrogen-bond acceptors (Lipinski definition) is 6. The largest absolute Gasteiger partial charge is 0.484 e. The van der Waals surface area contributed by atoms with E-state index in [9.17, 15) is 14.4 Å². The average molecular weight is 501 g/mol. The molecular formula is C29H28N2O6. The van der Waals surface area contributed by atoms with Crippen LogP contribution in [0.5, 0.6) is 17.2 Å². The fourth-order valence-corrected chi connectivity index (χ4v) is 4.47. The van der Waals surface area contributed by atoms with Crippen LogP contribution in [0.4, 0.5) is 5.69 Å². The normalized spacial score (nSPS) is 16.6. The second-order valence-electron chi connectivity index (χ2n) is 9.03. The number of nitrogens with one attached hydrogen (secondary N) is 1. The van der Waals surface area contributed by atoms with E-state index in [1.165, 1.54) is 4.90 Å². The summed E-state index contributed by atoms with van der Waals surface area (Å²) in [6, 6.07) is 19.4. The fourth-order valence-electron chi connectivity index (χ4n) is 4.47. The van der Waals surface area contributed by atoms with Crippen LogP contribution in [0.1, 0.15) is 46.0 Å². The topological polar surface area (TPSA) is 94.2 Å². The van der Waals surface area contributed by atoms with E-state index in [1.807, 2.05) is 24.3 Å². The smallest absolute Gasteiger partial charge is 0.262 e. The molecule has 1 unspecified atom stereocenters. The number of ether oxygens (including phenoxy) is 3. The van der Waals surface area contributed by atoms with Gasteiger partial charge in [-0.3, -0.25) is 19.3 Å². The van der Waals surface area contributed by atoms with Gasteiger partial charge in [-0.25, -0.2) is 0 Å². The van der Waals surface area contributed by atoms with E-state index in [-0.39, 0.29) is 37.0 Å². The Morgan fingerprint density at radius 3 is 2.57 bits per heavy atom. The maximum atomic E-state index is 12.9. The van der Waals surface area contributed by atoms with E-state index in [2.05, 4.69) is 12.2 Å². The predicted octanol–water partition coefficient (Wildman–Crippen LogP) is 4.83. The highest BCUT2D eigenvalue weighted by atomic mass is 16.5.